The SMILES string of the molecule is C[C@H]1CC[C@H](c2cc(F)c(C(=O)O)c(F)c2-c2cc(F)c(F)c(F)c2)CC1. The number of halogens is 5. The van der Waals surface area contributed by atoms with Crippen LogP contribution in [0.2, 0.25) is 0 Å². The maximum atomic E-state index is 15.0. The van der Waals surface area contributed by atoms with Crippen LogP contribution < -0.4 is 0 Å². The molecule has 0 unspecified atom stereocenters. The van der Waals surface area contributed by atoms with Crippen LogP contribution in [0.3, 0.4) is 0 Å². The zero-order chi connectivity index (χ0) is 19.9. The van der Waals surface area contributed by atoms with E-state index in [1.54, 1.807) is 0 Å². The molecule has 7 heteroatoms. The summed E-state index contributed by atoms with van der Waals surface area (Å²) < 4.78 is 69.9. The first kappa shape index (κ1) is 19.3. The summed E-state index contributed by atoms with van der Waals surface area (Å²) in [5.74, 6) is -9.13. The molecular weight excluding hydrogens is 367 g/mol. The molecule has 2 nitrogen and oxygen atoms in total. The van der Waals surface area contributed by atoms with Crippen LogP contribution in [-0.2, 0) is 0 Å². The Morgan fingerprint density at radius 2 is 1.44 bits per heavy atom. The van der Waals surface area contributed by atoms with Crippen LogP contribution in [0.25, 0.3) is 11.1 Å². The molecule has 0 atom stereocenters. The molecule has 0 spiro atoms. The van der Waals surface area contributed by atoms with E-state index < -0.39 is 46.2 Å². The highest BCUT2D eigenvalue weighted by atomic mass is 19.2. The molecule has 0 saturated heterocycles. The Hall–Kier alpha value is -2.44. The molecule has 1 saturated carbocycles. The van der Waals surface area contributed by atoms with Crippen molar-refractivity contribution in [1.29, 1.82) is 0 Å². The molecule has 1 aliphatic carbocycles. The van der Waals surface area contributed by atoms with Crippen LogP contribution in [0.5, 0.6) is 0 Å². The van der Waals surface area contributed by atoms with Gasteiger partial charge in [-0.1, -0.05) is 19.8 Å². The van der Waals surface area contributed by atoms with Gasteiger partial charge in [0.2, 0.25) is 0 Å². The predicted molar refractivity (Wildman–Crippen MR) is 89.0 cm³/mol. The number of hydrogen-bond acceptors (Lipinski definition) is 1. The maximum absolute atomic E-state index is 15.0. The quantitative estimate of drug-likeness (QED) is 0.517. The van der Waals surface area contributed by atoms with Gasteiger partial charge < -0.3 is 5.11 Å². The molecule has 0 aliphatic heterocycles. The predicted octanol–water partition coefficient (Wildman–Crippen LogP) is 6.04. The number of carboxylic acids is 1. The Kier molecular flexibility index (Phi) is 5.22. The van der Waals surface area contributed by atoms with Gasteiger partial charge in [0, 0.05) is 5.56 Å². The Morgan fingerprint density at radius 3 is 1.96 bits per heavy atom. The molecule has 0 heterocycles. The molecule has 27 heavy (non-hydrogen) atoms. The summed E-state index contributed by atoms with van der Waals surface area (Å²) in [4.78, 5) is 11.3. The third-order valence-corrected chi connectivity index (χ3v) is 5.19. The Bertz CT molecular complexity index is 879. The van der Waals surface area contributed by atoms with Crippen molar-refractivity contribution in [3.8, 4) is 11.1 Å². The van der Waals surface area contributed by atoms with Crippen molar-refractivity contribution in [1.82, 2.24) is 0 Å². The zero-order valence-electron chi connectivity index (χ0n) is 14.5. The summed E-state index contributed by atoms with van der Waals surface area (Å²) in [6.45, 7) is 2.05. The largest absolute Gasteiger partial charge is 0.477 e. The third-order valence-electron chi connectivity index (χ3n) is 5.19. The Balaban J connectivity index is 2.26. The van der Waals surface area contributed by atoms with E-state index in [1.165, 1.54) is 0 Å². The first-order valence-corrected chi connectivity index (χ1v) is 8.60. The van der Waals surface area contributed by atoms with Gasteiger partial charge in [0.15, 0.2) is 17.5 Å². The fourth-order valence-electron chi connectivity index (χ4n) is 3.72. The normalized spacial score (nSPS) is 19.9. The summed E-state index contributed by atoms with van der Waals surface area (Å²) in [5, 5.41) is 9.12. The van der Waals surface area contributed by atoms with Crippen molar-refractivity contribution in [3.05, 3.63) is 58.4 Å². The van der Waals surface area contributed by atoms with E-state index in [9.17, 15) is 26.7 Å². The van der Waals surface area contributed by atoms with Crippen molar-refractivity contribution in [3.63, 3.8) is 0 Å². The number of aromatic carboxylic acids is 1. The van der Waals surface area contributed by atoms with E-state index >= 15 is 0 Å². The highest BCUT2D eigenvalue weighted by Crippen LogP contribution is 2.42. The minimum absolute atomic E-state index is 0.146. The summed E-state index contributed by atoms with van der Waals surface area (Å²) in [6, 6.07) is 2.10. The fraction of sp³-hybridized carbons (Fsp3) is 0.350. The molecule has 3 rings (SSSR count). The maximum Gasteiger partial charge on any atom is 0.341 e. The molecule has 0 radical (unpaired) electrons. The lowest BCUT2D eigenvalue weighted by molar-refractivity contribution is 0.0686. The van der Waals surface area contributed by atoms with Crippen LogP contribution in [0.15, 0.2) is 18.2 Å². The molecule has 2 aromatic carbocycles. The lowest BCUT2D eigenvalue weighted by Crippen LogP contribution is -2.15. The number of benzene rings is 2. The summed E-state index contributed by atoms with van der Waals surface area (Å²) in [5.41, 5.74) is -1.82. The smallest absolute Gasteiger partial charge is 0.341 e. The Labute approximate surface area is 152 Å². The number of carbonyl (C=O) groups is 1. The van der Waals surface area contributed by atoms with Crippen molar-refractivity contribution in [2.45, 2.75) is 38.5 Å². The van der Waals surface area contributed by atoms with E-state index in [1.807, 2.05) is 0 Å². The molecule has 0 aromatic heterocycles. The minimum Gasteiger partial charge on any atom is -0.477 e. The van der Waals surface area contributed by atoms with E-state index in [0.717, 1.165) is 18.9 Å². The topological polar surface area (TPSA) is 37.3 Å². The third kappa shape index (κ3) is 3.55. The van der Waals surface area contributed by atoms with Crippen molar-refractivity contribution < 1.29 is 31.9 Å². The number of carboxylic acid groups (broad SMARTS) is 1. The van der Waals surface area contributed by atoms with Gasteiger partial charge in [-0.05, 0) is 54.0 Å². The number of rotatable bonds is 3. The minimum atomic E-state index is -1.84. The molecule has 1 fully saturated rings. The Morgan fingerprint density at radius 1 is 0.889 bits per heavy atom. The standard InChI is InChI=1S/C20H17F5O2/c1-9-2-4-10(5-3-9)12-8-13(21)17(20(26)27)19(25)16(12)11-6-14(22)18(24)15(23)7-11/h6-10H,2-5H2,1H3,(H,26,27)/t9-,10-. The second kappa shape index (κ2) is 7.29. The zero-order valence-corrected chi connectivity index (χ0v) is 14.5. The average molecular weight is 384 g/mol. The van der Waals surface area contributed by atoms with Crippen molar-refractivity contribution in [2.75, 3.05) is 0 Å². The number of hydrogen-bond donors (Lipinski definition) is 1. The van der Waals surface area contributed by atoms with E-state index in [-0.39, 0.29) is 17.0 Å². The first-order valence-electron chi connectivity index (χ1n) is 8.60. The van der Waals surface area contributed by atoms with Crippen LogP contribution >= 0.6 is 0 Å². The lowest BCUT2D eigenvalue weighted by atomic mass is 9.76. The van der Waals surface area contributed by atoms with Gasteiger partial charge in [0.05, 0.1) is 0 Å². The second-order valence-electron chi connectivity index (χ2n) is 7.03. The molecule has 0 amide bonds. The van der Waals surface area contributed by atoms with Crippen LogP contribution in [0.4, 0.5) is 22.0 Å². The van der Waals surface area contributed by atoms with Crippen molar-refractivity contribution in [2.24, 2.45) is 5.92 Å². The highest BCUT2D eigenvalue weighted by molar-refractivity contribution is 5.91. The fourth-order valence-corrected chi connectivity index (χ4v) is 3.72. The van der Waals surface area contributed by atoms with Gasteiger partial charge in [-0.25, -0.2) is 26.7 Å². The lowest BCUT2D eigenvalue weighted by Gasteiger charge is -2.28. The van der Waals surface area contributed by atoms with Gasteiger partial charge in [0.25, 0.3) is 0 Å². The van der Waals surface area contributed by atoms with E-state index in [0.29, 0.717) is 30.9 Å². The monoisotopic (exact) mass is 384 g/mol. The van der Waals surface area contributed by atoms with E-state index in [4.69, 9.17) is 5.11 Å². The molecule has 0 bridgehead atoms. The average Bonchev–Trinajstić information content (AvgIpc) is 2.59. The van der Waals surface area contributed by atoms with Gasteiger partial charge in [-0.3, -0.25) is 0 Å². The van der Waals surface area contributed by atoms with Crippen LogP contribution in [0, 0.1) is 35.0 Å². The summed E-state index contributed by atoms with van der Waals surface area (Å²) >= 11 is 0. The second-order valence-corrected chi connectivity index (χ2v) is 7.03. The molecule has 2 aromatic rings. The first-order chi connectivity index (χ1) is 12.7. The molecule has 1 aliphatic rings. The van der Waals surface area contributed by atoms with Gasteiger partial charge >= 0.3 is 5.97 Å². The van der Waals surface area contributed by atoms with Gasteiger partial charge in [-0.15, -0.1) is 0 Å². The van der Waals surface area contributed by atoms with E-state index in [2.05, 4.69) is 6.92 Å². The van der Waals surface area contributed by atoms with Crippen LogP contribution in [0.1, 0.15) is 54.4 Å². The van der Waals surface area contributed by atoms with Gasteiger partial charge in [0.1, 0.15) is 17.2 Å². The molecular formula is C20H17F5O2. The summed E-state index contributed by atoms with van der Waals surface area (Å²) in [6.07, 6.45) is 2.82. The molecule has 1 N–H and O–H groups in total. The summed E-state index contributed by atoms with van der Waals surface area (Å²) in [7, 11) is 0. The highest BCUT2D eigenvalue weighted by Gasteiger charge is 2.30. The van der Waals surface area contributed by atoms with Crippen LogP contribution in [-0.4, -0.2) is 11.1 Å². The van der Waals surface area contributed by atoms with Crippen molar-refractivity contribution >= 4 is 5.97 Å². The van der Waals surface area contributed by atoms with Gasteiger partial charge in [-0.2, -0.15) is 0 Å². The molecule has 144 valence electrons.